The standard InChI is InChI=1S/C18H16ClNO2/c1-21-18-9-7-14(11-16(18)19)20-12-15-8-10-17(22-15)13-5-3-2-4-6-13/h2-11,20H,12H2,1H3. The molecule has 22 heavy (non-hydrogen) atoms. The number of furan rings is 1. The van der Waals surface area contributed by atoms with Crippen LogP contribution in [-0.4, -0.2) is 7.11 Å². The first-order chi connectivity index (χ1) is 10.8. The van der Waals surface area contributed by atoms with Gasteiger partial charge in [-0.05, 0) is 30.3 Å². The molecule has 1 heterocycles. The lowest BCUT2D eigenvalue weighted by Crippen LogP contribution is -1.98. The number of hydrogen-bond acceptors (Lipinski definition) is 3. The van der Waals surface area contributed by atoms with Crippen molar-refractivity contribution in [2.45, 2.75) is 6.54 Å². The van der Waals surface area contributed by atoms with Crippen LogP contribution in [0.15, 0.2) is 65.1 Å². The topological polar surface area (TPSA) is 34.4 Å². The molecule has 0 aliphatic carbocycles. The quantitative estimate of drug-likeness (QED) is 0.701. The van der Waals surface area contributed by atoms with E-state index in [1.807, 2.05) is 60.7 Å². The summed E-state index contributed by atoms with van der Waals surface area (Å²) in [5, 5.41) is 3.86. The number of hydrogen-bond donors (Lipinski definition) is 1. The highest BCUT2D eigenvalue weighted by molar-refractivity contribution is 6.32. The summed E-state index contributed by atoms with van der Waals surface area (Å²) in [6, 6.07) is 19.6. The van der Waals surface area contributed by atoms with E-state index in [9.17, 15) is 0 Å². The Kier molecular flexibility index (Phi) is 4.35. The number of nitrogens with one attached hydrogen (secondary N) is 1. The van der Waals surface area contributed by atoms with Crippen molar-refractivity contribution in [3.8, 4) is 17.1 Å². The lowest BCUT2D eigenvalue weighted by atomic mass is 10.2. The van der Waals surface area contributed by atoms with Crippen molar-refractivity contribution in [2.75, 3.05) is 12.4 Å². The summed E-state index contributed by atoms with van der Waals surface area (Å²) in [7, 11) is 1.60. The van der Waals surface area contributed by atoms with Gasteiger partial charge in [-0.3, -0.25) is 0 Å². The largest absolute Gasteiger partial charge is 0.495 e. The van der Waals surface area contributed by atoms with Gasteiger partial charge >= 0.3 is 0 Å². The molecule has 0 radical (unpaired) electrons. The van der Waals surface area contributed by atoms with E-state index < -0.39 is 0 Å². The first kappa shape index (κ1) is 14.5. The lowest BCUT2D eigenvalue weighted by molar-refractivity contribution is 0.415. The number of ether oxygens (including phenoxy) is 1. The van der Waals surface area contributed by atoms with E-state index in [2.05, 4.69) is 5.32 Å². The molecule has 0 atom stereocenters. The van der Waals surface area contributed by atoms with E-state index in [1.165, 1.54) is 0 Å². The molecule has 1 N–H and O–H groups in total. The van der Waals surface area contributed by atoms with Crippen molar-refractivity contribution in [3.63, 3.8) is 0 Å². The molecule has 0 bridgehead atoms. The fourth-order valence-electron chi connectivity index (χ4n) is 2.20. The van der Waals surface area contributed by atoms with Gasteiger partial charge in [-0.15, -0.1) is 0 Å². The number of methoxy groups -OCH3 is 1. The third kappa shape index (κ3) is 3.26. The molecule has 0 spiro atoms. The molecule has 2 aromatic carbocycles. The number of halogens is 1. The molecule has 1 aromatic heterocycles. The second kappa shape index (κ2) is 6.58. The van der Waals surface area contributed by atoms with Crippen LogP contribution in [0.25, 0.3) is 11.3 Å². The smallest absolute Gasteiger partial charge is 0.137 e. The van der Waals surface area contributed by atoms with Crippen LogP contribution in [-0.2, 0) is 6.54 Å². The van der Waals surface area contributed by atoms with Gasteiger partial charge in [0.1, 0.15) is 17.3 Å². The predicted molar refractivity (Wildman–Crippen MR) is 89.5 cm³/mol. The van der Waals surface area contributed by atoms with Crippen molar-refractivity contribution in [3.05, 3.63) is 71.4 Å². The Labute approximate surface area is 134 Å². The molecular formula is C18H16ClNO2. The van der Waals surface area contributed by atoms with Crippen LogP contribution in [0.5, 0.6) is 5.75 Å². The molecule has 0 fully saturated rings. The Hall–Kier alpha value is -2.39. The maximum absolute atomic E-state index is 6.11. The SMILES string of the molecule is COc1ccc(NCc2ccc(-c3ccccc3)o2)cc1Cl. The maximum atomic E-state index is 6.11. The van der Waals surface area contributed by atoms with Gasteiger partial charge in [-0.2, -0.15) is 0 Å². The van der Waals surface area contributed by atoms with Gasteiger partial charge in [0.2, 0.25) is 0 Å². The highest BCUT2D eigenvalue weighted by Gasteiger charge is 2.05. The third-order valence-corrected chi connectivity index (χ3v) is 3.63. The number of anilines is 1. The Morgan fingerprint density at radius 2 is 1.86 bits per heavy atom. The first-order valence-electron chi connectivity index (χ1n) is 6.98. The highest BCUT2D eigenvalue weighted by atomic mass is 35.5. The normalized spacial score (nSPS) is 10.5. The molecule has 4 heteroatoms. The molecule has 0 aliphatic heterocycles. The zero-order chi connectivity index (χ0) is 15.4. The van der Waals surface area contributed by atoms with E-state index in [0.29, 0.717) is 17.3 Å². The molecule has 3 rings (SSSR count). The Morgan fingerprint density at radius 1 is 1.05 bits per heavy atom. The zero-order valence-electron chi connectivity index (χ0n) is 12.2. The van der Waals surface area contributed by atoms with E-state index >= 15 is 0 Å². The van der Waals surface area contributed by atoms with Crippen molar-refractivity contribution in [1.82, 2.24) is 0 Å². The van der Waals surface area contributed by atoms with Gasteiger partial charge in [-0.1, -0.05) is 41.9 Å². The summed E-state index contributed by atoms with van der Waals surface area (Å²) >= 11 is 6.11. The zero-order valence-corrected chi connectivity index (χ0v) is 12.9. The fraction of sp³-hybridized carbons (Fsp3) is 0.111. The van der Waals surface area contributed by atoms with E-state index in [0.717, 1.165) is 22.8 Å². The molecule has 0 amide bonds. The molecule has 112 valence electrons. The van der Waals surface area contributed by atoms with Gasteiger partial charge in [0.05, 0.1) is 18.7 Å². The second-order valence-corrected chi connectivity index (χ2v) is 5.24. The summed E-state index contributed by atoms with van der Waals surface area (Å²) in [5.74, 6) is 2.40. The predicted octanol–water partition coefficient (Wildman–Crippen LogP) is 5.22. The Morgan fingerprint density at radius 3 is 2.59 bits per heavy atom. The third-order valence-electron chi connectivity index (χ3n) is 3.34. The van der Waals surface area contributed by atoms with Crippen LogP contribution in [0.4, 0.5) is 5.69 Å². The van der Waals surface area contributed by atoms with Crippen molar-refractivity contribution >= 4 is 17.3 Å². The van der Waals surface area contributed by atoms with E-state index in [-0.39, 0.29) is 0 Å². The monoisotopic (exact) mass is 313 g/mol. The van der Waals surface area contributed by atoms with Crippen LogP contribution >= 0.6 is 11.6 Å². The summed E-state index contributed by atoms with van der Waals surface area (Å²) in [6.07, 6.45) is 0. The molecule has 3 nitrogen and oxygen atoms in total. The minimum Gasteiger partial charge on any atom is -0.495 e. The van der Waals surface area contributed by atoms with Crippen molar-refractivity contribution in [2.24, 2.45) is 0 Å². The van der Waals surface area contributed by atoms with Crippen LogP contribution in [0.1, 0.15) is 5.76 Å². The van der Waals surface area contributed by atoms with E-state index in [1.54, 1.807) is 7.11 Å². The summed E-state index contributed by atoms with van der Waals surface area (Å²) in [6.45, 7) is 0.593. The molecule has 0 aliphatic rings. The number of benzene rings is 2. The van der Waals surface area contributed by atoms with Gasteiger partial charge < -0.3 is 14.5 Å². The van der Waals surface area contributed by atoms with Crippen LogP contribution in [0, 0.1) is 0 Å². The van der Waals surface area contributed by atoms with E-state index in [4.69, 9.17) is 20.8 Å². The minimum atomic E-state index is 0.580. The second-order valence-electron chi connectivity index (χ2n) is 4.83. The maximum Gasteiger partial charge on any atom is 0.137 e. The van der Waals surface area contributed by atoms with Crippen LogP contribution in [0.2, 0.25) is 5.02 Å². The Balaban J connectivity index is 1.67. The molecule has 3 aromatic rings. The lowest BCUT2D eigenvalue weighted by Gasteiger charge is -2.07. The fourth-order valence-corrected chi connectivity index (χ4v) is 2.45. The summed E-state index contributed by atoms with van der Waals surface area (Å²) in [5.41, 5.74) is 1.99. The molecule has 0 unspecified atom stereocenters. The molecule has 0 saturated carbocycles. The summed E-state index contributed by atoms with van der Waals surface area (Å²) < 4.78 is 11.0. The van der Waals surface area contributed by atoms with Gasteiger partial charge in [0.25, 0.3) is 0 Å². The minimum absolute atomic E-state index is 0.580. The van der Waals surface area contributed by atoms with Gasteiger partial charge in [0.15, 0.2) is 0 Å². The van der Waals surface area contributed by atoms with Crippen LogP contribution in [0.3, 0.4) is 0 Å². The molecule has 0 saturated heterocycles. The van der Waals surface area contributed by atoms with Crippen molar-refractivity contribution in [1.29, 1.82) is 0 Å². The number of rotatable bonds is 5. The average molecular weight is 314 g/mol. The Bertz CT molecular complexity index is 753. The van der Waals surface area contributed by atoms with Gasteiger partial charge in [0, 0.05) is 11.3 Å². The first-order valence-corrected chi connectivity index (χ1v) is 7.35. The average Bonchev–Trinajstić information content (AvgIpc) is 3.03. The highest BCUT2D eigenvalue weighted by Crippen LogP contribution is 2.28. The molecular weight excluding hydrogens is 298 g/mol. The van der Waals surface area contributed by atoms with Crippen LogP contribution < -0.4 is 10.1 Å². The summed E-state index contributed by atoms with van der Waals surface area (Å²) in [4.78, 5) is 0. The van der Waals surface area contributed by atoms with Crippen molar-refractivity contribution < 1.29 is 9.15 Å². The van der Waals surface area contributed by atoms with Gasteiger partial charge in [-0.25, -0.2) is 0 Å².